The standard InChI is InChI=1S/C28H34O7/c1-7-13-29-19-27(20-30-14-8-2,21-31-15-9-3)25-35-26-28(22-32-16-10-4,23-33-17-11-5)24-34-18-12-6/h1-6H,13-26H2. The second-order valence-electron chi connectivity index (χ2n) is 7.67. The highest BCUT2D eigenvalue weighted by molar-refractivity contribution is 4.91. The van der Waals surface area contributed by atoms with Gasteiger partial charge in [-0.2, -0.15) is 0 Å². The van der Waals surface area contributed by atoms with Crippen molar-refractivity contribution in [1.82, 2.24) is 0 Å². The van der Waals surface area contributed by atoms with Crippen LogP contribution >= 0.6 is 0 Å². The fourth-order valence-corrected chi connectivity index (χ4v) is 2.94. The van der Waals surface area contributed by atoms with Crippen LogP contribution in [0, 0.1) is 84.9 Å². The van der Waals surface area contributed by atoms with Crippen LogP contribution in [0.15, 0.2) is 0 Å². The molecule has 7 nitrogen and oxygen atoms in total. The van der Waals surface area contributed by atoms with E-state index in [-0.39, 0.29) is 92.5 Å². The van der Waals surface area contributed by atoms with Gasteiger partial charge in [0.1, 0.15) is 39.6 Å². The monoisotopic (exact) mass is 482 g/mol. The van der Waals surface area contributed by atoms with Crippen LogP contribution in [0.3, 0.4) is 0 Å². The zero-order valence-corrected chi connectivity index (χ0v) is 20.2. The van der Waals surface area contributed by atoms with Crippen molar-refractivity contribution in [2.75, 3.05) is 92.5 Å². The summed E-state index contributed by atoms with van der Waals surface area (Å²) in [7, 11) is 0. The molecule has 7 heteroatoms. The second kappa shape index (κ2) is 21.6. The van der Waals surface area contributed by atoms with Crippen molar-refractivity contribution in [3.8, 4) is 74.1 Å². The molecule has 188 valence electrons. The number of hydrogen-bond donors (Lipinski definition) is 0. The molecule has 0 aromatic rings. The van der Waals surface area contributed by atoms with Crippen LogP contribution in [0.4, 0.5) is 0 Å². The van der Waals surface area contributed by atoms with Crippen molar-refractivity contribution in [3.05, 3.63) is 0 Å². The average Bonchev–Trinajstić information content (AvgIpc) is 2.85. The number of terminal acetylenes is 6. The van der Waals surface area contributed by atoms with Gasteiger partial charge in [-0.05, 0) is 0 Å². The molecule has 0 aliphatic heterocycles. The summed E-state index contributed by atoms with van der Waals surface area (Å²) in [5.74, 6) is 14.6. The van der Waals surface area contributed by atoms with Crippen molar-refractivity contribution in [2.45, 2.75) is 0 Å². The normalized spacial score (nSPS) is 10.8. The molecule has 0 aromatic heterocycles. The summed E-state index contributed by atoms with van der Waals surface area (Å²) < 4.78 is 39.8. The molecule has 0 aliphatic rings. The van der Waals surface area contributed by atoms with Gasteiger partial charge in [-0.25, -0.2) is 0 Å². The number of rotatable bonds is 22. The van der Waals surface area contributed by atoms with Crippen molar-refractivity contribution in [2.24, 2.45) is 10.8 Å². The van der Waals surface area contributed by atoms with Crippen molar-refractivity contribution < 1.29 is 33.2 Å². The summed E-state index contributed by atoms with van der Waals surface area (Å²) in [6, 6.07) is 0. The topological polar surface area (TPSA) is 64.6 Å². The van der Waals surface area contributed by atoms with Gasteiger partial charge in [0.15, 0.2) is 0 Å². The molecular weight excluding hydrogens is 448 g/mol. The Morgan fingerprint density at radius 1 is 0.314 bits per heavy atom. The molecule has 0 spiro atoms. The quantitative estimate of drug-likeness (QED) is 0.168. The molecule has 0 fully saturated rings. The number of ether oxygens (including phenoxy) is 7. The summed E-state index contributed by atoms with van der Waals surface area (Å²) >= 11 is 0. The Labute approximate surface area is 210 Å². The van der Waals surface area contributed by atoms with E-state index in [2.05, 4.69) is 35.5 Å². The van der Waals surface area contributed by atoms with Gasteiger partial charge in [0.05, 0.1) is 63.7 Å². The van der Waals surface area contributed by atoms with Crippen molar-refractivity contribution in [3.63, 3.8) is 0 Å². The maximum atomic E-state index is 6.16. The summed E-state index contributed by atoms with van der Waals surface area (Å²) in [6.07, 6.45) is 32.0. The second-order valence-corrected chi connectivity index (χ2v) is 7.67. The lowest BCUT2D eigenvalue weighted by atomic mass is 9.90. The molecule has 0 saturated carbocycles. The molecule has 0 heterocycles. The van der Waals surface area contributed by atoms with Crippen LogP contribution in [0.25, 0.3) is 0 Å². The summed E-state index contributed by atoms with van der Waals surface area (Å²) in [6.45, 7) is 2.09. The van der Waals surface area contributed by atoms with E-state index >= 15 is 0 Å². The third-order valence-electron chi connectivity index (χ3n) is 4.38. The molecule has 0 bridgehead atoms. The van der Waals surface area contributed by atoms with E-state index in [1.165, 1.54) is 0 Å². The van der Waals surface area contributed by atoms with Crippen LogP contribution in [-0.2, 0) is 33.2 Å². The molecule has 0 rings (SSSR count). The largest absolute Gasteiger partial charge is 0.380 e. The van der Waals surface area contributed by atoms with Crippen LogP contribution < -0.4 is 0 Å². The Kier molecular flexibility index (Phi) is 19.8. The maximum Gasteiger partial charge on any atom is 0.107 e. The lowest BCUT2D eigenvalue weighted by molar-refractivity contribution is -0.134. The zero-order chi connectivity index (χ0) is 26.1. The molecule has 0 saturated heterocycles. The molecule has 35 heavy (non-hydrogen) atoms. The smallest absolute Gasteiger partial charge is 0.107 e. The van der Waals surface area contributed by atoms with Crippen LogP contribution in [0.2, 0.25) is 0 Å². The van der Waals surface area contributed by atoms with Gasteiger partial charge in [0, 0.05) is 0 Å². The Bertz CT molecular complexity index is 639. The molecule has 0 amide bonds. The van der Waals surface area contributed by atoms with Crippen LogP contribution in [0.1, 0.15) is 0 Å². The van der Waals surface area contributed by atoms with Gasteiger partial charge in [0.2, 0.25) is 0 Å². The van der Waals surface area contributed by atoms with E-state index in [1.807, 2.05) is 0 Å². The van der Waals surface area contributed by atoms with Crippen LogP contribution in [-0.4, -0.2) is 92.5 Å². The highest BCUT2D eigenvalue weighted by Crippen LogP contribution is 2.25. The molecule has 0 radical (unpaired) electrons. The molecule has 0 aliphatic carbocycles. The minimum absolute atomic E-state index is 0.107. The van der Waals surface area contributed by atoms with E-state index in [0.717, 1.165) is 0 Å². The predicted molar refractivity (Wildman–Crippen MR) is 134 cm³/mol. The minimum Gasteiger partial charge on any atom is -0.380 e. The predicted octanol–water partition coefficient (Wildman–Crippen LogP) is 0.875. The van der Waals surface area contributed by atoms with Gasteiger partial charge >= 0.3 is 0 Å². The molecular formula is C28H34O7. The van der Waals surface area contributed by atoms with Gasteiger partial charge in [-0.15, -0.1) is 38.5 Å². The van der Waals surface area contributed by atoms with Crippen LogP contribution in [0.5, 0.6) is 0 Å². The summed E-state index contributed by atoms with van der Waals surface area (Å²) in [4.78, 5) is 0. The van der Waals surface area contributed by atoms with E-state index in [0.29, 0.717) is 0 Å². The Morgan fingerprint density at radius 2 is 0.486 bits per heavy atom. The average molecular weight is 483 g/mol. The fraction of sp³-hybridized carbons (Fsp3) is 0.571. The molecule has 0 unspecified atom stereocenters. The van der Waals surface area contributed by atoms with Gasteiger partial charge in [-0.3, -0.25) is 0 Å². The Hall–Kier alpha value is -2.92. The first-order chi connectivity index (χ1) is 17.1. The van der Waals surface area contributed by atoms with E-state index in [9.17, 15) is 0 Å². The first kappa shape index (κ1) is 32.1. The van der Waals surface area contributed by atoms with E-state index in [1.54, 1.807) is 0 Å². The third kappa shape index (κ3) is 15.6. The van der Waals surface area contributed by atoms with E-state index in [4.69, 9.17) is 71.7 Å². The highest BCUT2D eigenvalue weighted by Gasteiger charge is 2.36. The maximum absolute atomic E-state index is 6.16. The molecule has 0 N–H and O–H groups in total. The van der Waals surface area contributed by atoms with Crippen molar-refractivity contribution in [1.29, 1.82) is 0 Å². The highest BCUT2D eigenvalue weighted by atomic mass is 16.5. The van der Waals surface area contributed by atoms with Gasteiger partial charge in [0.25, 0.3) is 0 Å². The van der Waals surface area contributed by atoms with Gasteiger partial charge < -0.3 is 33.2 Å². The SMILES string of the molecule is C#CCOCC(COCC#C)(COCC#C)COCC(COCC#C)(COCC#C)COCC#C. The van der Waals surface area contributed by atoms with Crippen molar-refractivity contribution >= 4 is 0 Å². The summed E-state index contributed by atoms with van der Waals surface area (Å²) in [5, 5.41) is 0. The Balaban J connectivity index is 5.63. The zero-order valence-electron chi connectivity index (χ0n) is 20.2. The lowest BCUT2D eigenvalue weighted by Gasteiger charge is -2.36. The first-order valence-corrected chi connectivity index (χ1v) is 10.7. The molecule has 0 atom stereocenters. The number of hydrogen-bond acceptors (Lipinski definition) is 7. The minimum atomic E-state index is -0.741. The lowest BCUT2D eigenvalue weighted by Crippen LogP contribution is -2.46. The molecule has 0 aromatic carbocycles. The van der Waals surface area contributed by atoms with Gasteiger partial charge in [-0.1, -0.05) is 35.5 Å². The summed E-state index contributed by atoms with van der Waals surface area (Å²) in [5.41, 5.74) is -1.48. The van der Waals surface area contributed by atoms with E-state index < -0.39 is 10.8 Å². The fourth-order valence-electron chi connectivity index (χ4n) is 2.94. The Morgan fingerprint density at radius 3 is 0.657 bits per heavy atom. The first-order valence-electron chi connectivity index (χ1n) is 10.7. The third-order valence-corrected chi connectivity index (χ3v) is 4.38.